The Morgan fingerprint density at radius 1 is 1.67 bits per heavy atom. The Labute approximate surface area is 54.6 Å². The van der Waals surface area contributed by atoms with E-state index in [1.54, 1.807) is 0 Å². The molecule has 3 nitrogen and oxygen atoms in total. The van der Waals surface area contributed by atoms with Crippen LogP contribution in [0.25, 0.3) is 0 Å². The van der Waals surface area contributed by atoms with Crippen molar-refractivity contribution in [3.05, 3.63) is 0 Å². The molecule has 1 saturated heterocycles. The van der Waals surface area contributed by atoms with E-state index in [2.05, 4.69) is 4.90 Å². The fourth-order valence-electron chi connectivity index (χ4n) is 0.613. The third-order valence-corrected chi connectivity index (χ3v) is 1.25. The first-order chi connectivity index (χ1) is 4.29. The Hall–Kier alpha value is -0.570. The van der Waals surface area contributed by atoms with Crippen molar-refractivity contribution >= 4 is 5.97 Å². The van der Waals surface area contributed by atoms with Gasteiger partial charge >= 0.3 is 5.97 Å². The molecule has 0 aromatic heterocycles. The lowest BCUT2D eigenvalue weighted by Gasteiger charge is -1.99. The number of hydrogen-bond donors (Lipinski definition) is 0. The van der Waals surface area contributed by atoms with Crippen LogP contribution in [0.1, 0.15) is 6.92 Å². The van der Waals surface area contributed by atoms with Crippen LogP contribution in [0.2, 0.25) is 0 Å². The average molecular weight is 129 g/mol. The van der Waals surface area contributed by atoms with Crippen LogP contribution in [0.3, 0.4) is 0 Å². The average Bonchev–Trinajstić information content (AvgIpc) is 2.48. The van der Waals surface area contributed by atoms with Gasteiger partial charge in [0.2, 0.25) is 0 Å². The van der Waals surface area contributed by atoms with E-state index in [1.165, 1.54) is 20.0 Å². The minimum atomic E-state index is -0.183. The second-order valence-electron chi connectivity index (χ2n) is 2.18. The minimum Gasteiger partial charge on any atom is -0.465 e. The summed E-state index contributed by atoms with van der Waals surface area (Å²) >= 11 is 0. The fourth-order valence-corrected chi connectivity index (χ4v) is 0.613. The minimum absolute atomic E-state index is 0.183. The smallest absolute Gasteiger partial charge is 0.302 e. The van der Waals surface area contributed by atoms with Crippen molar-refractivity contribution in [1.82, 2.24) is 4.90 Å². The summed E-state index contributed by atoms with van der Waals surface area (Å²) in [7, 11) is 0. The van der Waals surface area contributed by atoms with Gasteiger partial charge in [0.1, 0.15) is 6.61 Å². The van der Waals surface area contributed by atoms with Crippen LogP contribution in [0, 0.1) is 0 Å². The van der Waals surface area contributed by atoms with Crippen molar-refractivity contribution in [2.24, 2.45) is 0 Å². The number of esters is 1. The molecular formula is C6H11NO2. The predicted octanol–water partition coefficient (Wildman–Crippen LogP) is -0.135. The number of nitrogens with zero attached hydrogens (tertiary/aromatic N) is 1. The summed E-state index contributed by atoms with van der Waals surface area (Å²) in [4.78, 5) is 12.4. The Bertz CT molecular complexity index is 110. The van der Waals surface area contributed by atoms with Crippen LogP contribution < -0.4 is 0 Å². The molecule has 0 amide bonds. The molecule has 3 heteroatoms. The Morgan fingerprint density at radius 3 is 2.78 bits per heavy atom. The second kappa shape index (κ2) is 2.82. The maximum Gasteiger partial charge on any atom is 0.302 e. The first-order valence-corrected chi connectivity index (χ1v) is 3.15. The number of carbonyl (C=O) groups excluding carboxylic acids is 1. The van der Waals surface area contributed by atoms with E-state index in [0.717, 1.165) is 6.54 Å². The first kappa shape index (κ1) is 6.55. The normalized spacial score (nSPS) is 17.4. The summed E-state index contributed by atoms with van der Waals surface area (Å²) in [6, 6.07) is 0. The van der Waals surface area contributed by atoms with Gasteiger partial charge in [0, 0.05) is 26.6 Å². The molecule has 0 aliphatic carbocycles. The van der Waals surface area contributed by atoms with Crippen LogP contribution in [0.4, 0.5) is 0 Å². The number of hydrogen-bond acceptors (Lipinski definition) is 3. The quantitative estimate of drug-likeness (QED) is 0.392. The van der Waals surface area contributed by atoms with Crippen molar-refractivity contribution in [3.63, 3.8) is 0 Å². The summed E-state index contributed by atoms with van der Waals surface area (Å²) in [6.07, 6.45) is 0. The highest BCUT2D eigenvalue weighted by Gasteiger charge is 2.15. The molecule has 0 atom stereocenters. The molecule has 1 rings (SSSR count). The largest absolute Gasteiger partial charge is 0.465 e. The molecule has 1 aliphatic heterocycles. The van der Waals surface area contributed by atoms with Crippen molar-refractivity contribution in [2.75, 3.05) is 26.2 Å². The zero-order chi connectivity index (χ0) is 6.69. The van der Waals surface area contributed by atoms with E-state index in [-0.39, 0.29) is 5.97 Å². The van der Waals surface area contributed by atoms with Crippen molar-refractivity contribution in [1.29, 1.82) is 0 Å². The summed E-state index contributed by atoms with van der Waals surface area (Å²) in [6.45, 7) is 5.22. The van der Waals surface area contributed by atoms with Crippen molar-refractivity contribution in [3.8, 4) is 0 Å². The van der Waals surface area contributed by atoms with E-state index < -0.39 is 0 Å². The van der Waals surface area contributed by atoms with Crippen molar-refractivity contribution in [2.45, 2.75) is 6.92 Å². The monoisotopic (exact) mass is 129 g/mol. The van der Waals surface area contributed by atoms with Gasteiger partial charge in [0.15, 0.2) is 0 Å². The lowest BCUT2D eigenvalue weighted by atomic mass is 10.7. The number of carbonyl (C=O) groups is 1. The second-order valence-corrected chi connectivity index (χ2v) is 2.18. The van der Waals surface area contributed by atoms with Gasteiger partial charge in [-0.2, -0.15) is 0 Å². The zero-order valence-corrected chi connectivity index (χ0v) is 5.59. The summed E-state index contributed by atoms with van der Waals surface area (Å²) in [5.41, 5.74) is 0. The highest BCUT2D eigenvalue weighted by molar-refractivity contribution is 5.65. The Balaban J connectivity index is 1.86. The summed E-state index contributed by atoms with van der Waals surface area (Å²) < 4.78 is 4.71. The van der Waals surface area contributed by atoms with E-state index >= 15 is 0 Å². The molecule has 0 aromatic carbocycles. The van der Waals surface area contributed by atoms with Gasteiger partial charge in [-0.3, -0.25) is 9.69 Å². The lowest BCUT2D eigenvalue weighted by molar-refractivity contribution is -0.141. The van der Waals surface area contributed by atoms with Gasteiger partial charge in [-0.25, -0.2) is 0 Å². The first-order valence-electron chi connectivity index (χ1n) is 3.15. The van der Waals surface area contributed by atoms with E-state index in [0.29, 0.717) is 6.61 Å². The molecule has 0 N–H and O–H groups in total. The molecule has 0 spiro atoms. The van der Waals surface area contributed by atoms with Crippen LogP contribution in [0.5, 0.6) is 0 Å². The zero-order valence-electron chi connectivity index (χ0n) is 5.59. The molecule has 0 unspecified atom stereocenters. The predicted molar refractivity (Wildman–Crippen MR) is 33.1 cm³/mol. The molecule has 9 heavy (non-hydrogen) atoms. The highest BCUT2D eigenvalue weighted by Crippen LogP contribution is 2.00. The van der Waals surface area contributed by atoms with Gasteiger partial charge in [0.25, 0.3) is 0 Å². The van der Waals surface area contributed by atoms with Gasteiger partial charge in [-0.15, -0.1) is 0 Å². The molecule has 1 aliphatic rings. The van der Waals surface area contributed by atoms with Crippen LogP contribution >= 0.6 is 0 Å². The van der Waals surface area contributed by atoms with E-state index in [9.17, 15) is 4.79 Å². The SMILES string of the molecule is CC(=O)OCCN1CC1. The van der Waals surface area contributed by atoms with Crippen LogP contribution in [-0.2, 0) is 9.53 Å². The fraction of sp³-hybridized carbons (Fsp3) is 0.833. The number of ether oxygens (including phenoxy) is 1. The van der Waals surface area contributed by atoms with Crippen LogP contribution in [0.15, 0.2) is 0 Å². The van der Waals surface area contributed by atoms with Crippen LogP contribution in [-0.4, -0.2) is 37.1 Å². The van der Waals surface area contributed by atoms with Gasteiger partial charge in [-0.1, -0.05) is 0 Å². The molecule has 52 valence electrons. The summed E-state index contributed by atoms with van der Waals surface area (Å²) in [5.74, 6) is -0.183. The molecule has 1 fully saturated rings. The van der Waals surface area contributed by atoms with E-state index in [1.807, 2.05) is 0 Å². The summed E-state index contributed by atoms with van der Waals surface area (Å²) in [5, 5.41) is 0. The highest BCUT2D eigenvalue weighted by atomic mass is 16.5. The molecule has 0 aromatic rings. The maximum atomic E-state index is 10.2. The third-order valence-electron chi connectivity index (χ3n) is 1.25. The third kappa shape index (κ3) is 3.08. The number of rotatable bonds is 3. The molecule has 0 radical (unpaired) electrons. The maximum absolute atomic E-state index is 10.2. The Kier molecular flexibility index (Phi) is 2.05. The van der Waals surface area contributed by atoms with Gasteiger partial charge in [0.05, 0.1) is 0 Å². The molecular weight excluding hydrogens is 118 g/mol. The Morgan fingerprint density at radius 2 is 2.33 bits per heavy atom. The molecule has 0 saturated carbocycles. The van der Waals surface area contributed by atoms with E-state index in [4.69, 9.17) is 4.74 Å². The van der Waals surface area contributed by atoms with Crippen molar-refractivity contribution < 1.29 is 9.53 Å². The molecule has 1 heterocycles. The molecule has 0 bridgehead atoms. The van der Waals surface area contributed by atoms with Gasteiger partial charge in [-0.05, 0) is 0 Å². The standard InChI is InChI=1S/C6H11NO2/c1-6(8)9-5-4-7-2-3-7/h2-5H2,1H3. The lowest BCUT2D eigenvalue weighted by Crippen LogP contribution is -2.10. The van der Waals surface area contributed by atoms with Gasteiger partial charge < -0.3 is 4.74 Å². The topological polar surface area (TPSA) is 29.3 Å².